The van der Waals surface area contributed by atoms with Crippen LogP contribution in [0.4, 0.5) is 13.2 Å². The molecule has 2 N–H and O–H groups in total. The van der Waals surface area contributed by atoms with E-state index in [1.165, 1.54) is 0 Å². The Balaban J connectivity index is 2.12. The van der Waals surface area contributed by atoms with Crippen LogP contribution in [0.25, 0.3) is 0 Å². The number of carbonyl (C=O) groups is 2. The van der Waals surface area contributed by atoms with Crippen molar-refractivity contribution in [2.75, 3.05) is 0 Å². The summed E-state index contributed by atoms with van der Waals surface area (Å²) < 4.78 is 37.5. The van der Waals surface area contributed by atoms with Gasteiger partial charge in [0, 0.05) is 5.38 Å². The van der Waals surface area contributed by atoms with E-state index >= 15 is 0 Å². The molecule has 0 bridgehead atoms. The molecule has 0 aromatic carbocycles. The van der Waals surface area contributed by atoms with Crippen molar-refractivity contribution >= 4 is 23.2 Å². The third-order valence-electron chi connectivity index (χ3n) is 3.42. The van der Waals surface area contributed by atoms with Gasteiger partial charge in [-0.15, -0.1) is 11.3 Å². The van der Waals surface area contributed by atoms with Gasteiger partial charge >= 0.3 is 12.1 Å². The van der Waals surface area contributed by atoms with Gasteiger partial charge in [-0.05, 0) is 19.3 Å². The number of carbonyl (C=O) groups excluding carboxylic acids is 1. The molecule has 1 aromatic heterocycles. The van der Waals surface area contributed by atoms with Crippen LogP contribution in [0.1, 0.15) is 42.9 Å². The zero-order valence-corrected chi connectivity index (χ0v) is 11.8. The number of carboxylic acids is 1. The molecular formula is C12H13F3N2O3S. The van der Waals surface area contributed by atoms with Gasteiger partial charge in [0.25, 0.3) is 0 Å². The molecule has 1 fully saturated rings. The summed E-state index contributed by atoms with van der Waals surface area (Å²) in [5.41, 5.74) is -2.42. The highest BCUT2D eigenvalue weighted by Gasteiger charge is 2.57. The van der Waals surface area contributed by atoms with E-state index in [1.54, 1.807) is 6.92 Å². The molecule has 0 spiro atoms. The zero-order chi connectivity index (χ0) is 15.8. The van der Waals surface area contributed by atoms with Crippen LogP contribution >= 0.6 is 11.3 Å². The summed E-state index contributed by atoms with van der Waals surface area (Å²) in [7, 11) is 0. The molecule has 1 amide bonds. The standard InChI is InChI=1S/C12H13F3N2O3S/c1-2-6(8-17-7(5-21-8)12(13,14)15)16-9(18)11(3-4-11)10(19)20/h5-6H,2-4H2,1H3,(H,16,18)(H,19,20). The lowest BCUT2D eigenvalue weighted by atomic mass is 10.1. The minimum atomic E-state index is -4.53. The number of aliphatic carboxylic acids is 1. The van der Waals surface area contributed by atoms with Gasteiger partial charge in [0.05, 0.1) is 6.04 Å². The molecular weight excluding hydrogens is 309 g/mol. The monoisotopic (exact) mass is 322 g/mol. The Bertz CT molecular complexity index is 566. The highest BCUT2D eigenvalue weighted by Crippen LogP contribution is 2.46. The highest BCUT2D eigenvalue weighted by atomic mass is 32.1. The average Bonchev–Trinajstić information content (AvgIpc) is 3.06. The van der Waals surface area contributed by atoms with Crippen LogP contribution in [0.3, 0.4) is 0 Å². The minimum absolute atomic E-state index is 0.124. The molecule has 21 heavy (non-hydrogen) atoms. The molecule has 1 aromatic rings. The van der Waals surface area contributed by atoms with Gasteiger partial charge in [0.2, 0.25) is 5.91 Å². The number of nitrogens with zero attached hydrogens (tertiary/aromatic N) is 1. The van der Waals surface area contributed by atoms with Gasteiger partial charge in [0.15, 0.2) is 5.69 Å². The normalized spacial score (nSPS) is 18.1. The van der Waals surface area contributed by atoms with Crippen LogP contribution < -0.4 is 5.32 Å². The summed E-state index contributed by atoms with van der Waals surface area (Å²) in [6.07, 6.45) is -3.71. The van der Waals surface area contributed by atoms with Crippen molar-refractivity contribution in [3.63, 3.8) is 0 Å². The molecule has 9 heteroatoms. The summed E-state index contributed by atoms with van der Waals surface area (Å²) in [4.78, 5) is 26.5. The maximum absolute atomic E-state index is 12.5. The molecule has 1 heterocycles. The minimum Gasteiger partial charge on any atom is -0.480 e. The number of thiazole rings is 1. The second-order valence-electron chi connectivity index (χ2n) is 4.89. The molecule has 5 nitrogen and oxygen atoms in total. The van der Waals surface area contributed by atoms with Gasteiger partial charge in [-0.2, -0.15) is 13.2 Å². The fraction of sp³-hybridized carbons (Fsp3) is 0.583. The van der Waals surface area contributed by atoms with Crippen LogP contribution in [0.2, 0.25) is 0 Å². The molecule has 1 atom stereocenters. The molecule has 1 saturated carbocycles. The maximum Gasteiger partial charge on any atom is 0.434 e. The first-order valence-electron chi connectivity index (χ1n) is 6.27. The van der Waals surface area contributed by atoms with E-state index < -0.39 is 35.2 Å². The lowest BCUT2D eigenvalue weighted by Crippen LogP contribution is -2.39. The van der Waals surface area contributed by atoms with Crippen molar-refractivity contribution in [1.29, 1.82) is 0 Å². The topological polar surface area (TPSA) is 79.3 Å². The fourth-order valence-corrected chi connectivity index (χ4v) is 2.84. The Morgan fingerprint density at radius 1 is 1.52 bits per heavy atom. The third kappa shape index (κ3) is 3.02. The summed E-state index contributed by atoms with van der Waals surface area (Å²) in [6.45, 7) is 1.68. The Kier molecular flexibility index (Phi) is 3.96. The summed E-state index contributed by atoms with van der Waals surface area (Å²) in [5.74, 6) is -1.87. The van der Waals surface area contributed by atoms with Crippen LogP contribution in [0.15, 0.2) is 5.38 Å². The van der Waals surface area contributed by atoms with Gasteiger partial charge in [-0.25, -0.2) is 4.98 Å². The van der Waals surface area contributed by atoms with Gasteiger partial charge in [0.1, 0.15) is 10.4 Å². The largest absolute Gasteiger partial charge is 0.480 e. The second-order valence-corrected chi connectivity index (χ2v) is 5.78. The van der Waals surface area contributed by atoms with Crippen molar-refractivity contribution in [1.82, 2.24) is 10.3 Å². The lowest BCUT2D eigenvalue weighted by Gasteiger charge is -2.17. The molecule has 2 rings (SSSR count). The van der Waals surface area contributed by atoms with Crippen LogP contribution in [0.5, 0.6) is 0 Å². The van der Waals surface area contributed by atoms with Crippen molar-refractivity contribution < 1.29 is 27.9 Å². The summed E-state index contributed by atoms with van der Waals surface area (Å²) in [6, 6.07) is -0.713. The van der Waals surface area contributed by atoms with E-state index in [-0.39, 0.29) is 17.8 Å². The predicted molar refractivity (Wildman–Crippen MR) is 67.6 cm³/mol. The summed E-state index contributed by atoms with van der Waals surface area (Å²) >= 11 is 0.797. The van der Waals surface area contributed by atoms with Crippen LogP contribution in [-0.4, -0.2) is 22.0 Å². The van der Waals surface area contributed by atoms with E-state index in [9.17, 15) is 22.8 Å². The van der Waals surface area contributed by atoms with Crippen molar-refractivity contribution in [2.24, 2.45) is 5.41 Å². The summed E-state index contributed by atoms with van der Waals surface area (Å²) in [5, 5.41) is 12.5. The van der Waals surface area contributed by atoms with Crippen molar-refractivity contribution in [3.05, 3.63) is 16.1 Å². The zero-order valence-electron chi connectivity index (χ0n) is 11.0. The smallest absolute Gasteiger partial charge is 0.434 e. The predicted octanol–water partition coefficient (Wildman–Crippen LogP) is 2.59. The van der Waals surface area contributed by atoms with E-state index in [0.29, 0.717) is 6.42 Å². The first-order valence-corrected chi connectivity index (χ1v) is 7.15. The molecule has 1 unspecified atom stereocenters. The van der Waals surface area contributed by atoms with Crippen LogP contribution in [0, 0.1) is 5.41 Å². The molecule has 0 radical (unpaired) electrons. The number of alkyl halides is 3. The van der Waals surface area contributed by atoms with Gasteiger partial charge in [-0.3, -0.25) is 9.59 Å². The Labute approximate surface area is 122 Å². The van der Waals surface area contributed by atoms with Crippen LogP contribution in [-0.2, 0) is 15.8 Å². The van der Waals surface area contributed by atoms with Crippen molar-refractivity contribution in [3.8, 4) is 0 Å². The molecule has 0 aliphatic heterocycles. The van der Waals surface area contributed by atoms with Gasteiger partial charge < -0.3 is 10.4 Å². The number of hydrogen-bond acceptors (Lipinski definition) is 4. The molecule has 116 valence electrons. The highest BCUT2D eigenvalue weighted by molar-refractivity contribution is 7.09. The number of hydrogen-bond donors (Lipinski definition) is 2. The number of rotatable bonds is 5. The number of carboxylic acid groups (broad SMARTS) is 1. The Morgan fingerprint density at radius 2 is 2.14 bits per heavy atom. The fourth-order valence-electron chi connectivity index (χ4n) is 1.88. The molecule has 1 aliphatic carbocycles. The van der Waals surface area contributed by atoms with E-state index in [2.05, 4.69) is 10.3 Å². The molecule has 1 aliphatic rings. The van der Waals surface area contributed by atoms with E-state index in [0.717, 1.165) is 16.7 Å². The quantitative estimate of drug-likeness (QED) is 0.817. The third-order valence-corrected chi connectivity index (χ3v) is 4.38. The van der Waals surface area contributed by atoms with E-state index in [4.69, 9.17) is 5.11 Å². The average molecular weight is 322 g/mol. The molecule has 0 saturated heterocycles. The lowest BCUT2D eigenvalue weighted by molar-refractivity contribution is -0.149. The first-order chi connectivity index (χ1) is 9.70. The number of nitrogens with one attached hydrogen (secondary N) is 1. The van der Waals surface area contributed by atoms with Gasteiger partial charge in [-0.1, -0.05) is 6.92 Å². The Morgan fingerprint density at radius 3 is 2.52 bits per heavy atom. The maximum atomic E-state index is 12.5. The second kappa shape index (κ2) is 5.28. The Hall–Kier alpha value is -1.64. The van der Waals surface area contributed by atoms with Crippen molar-refractivity contribution in [2.45, 2.75) is 38.4 Å². The number of amides is 1. The SMILES string of the molecule is CCC(NC(=O)C1(C(=O)O)CC1)c1nc(C(F)(F)F)cs1. The number of aromatic nitrogens is 1. The van der Waals surface area contributed by atoms with E-state index in [1.807, 2.05) is 0 Å². The number of halogens is 3. The first kappa shape index (κ1) is 15.7.